The van der Waals surface area contributed by atoms with Crippen LogP contribution in [0.15, 0.2) is 168 Å². The van der Waals surface area contributed by atoms with Gasteiger partial charge in [0.05, 0.1) is 55.5 Å². The molecule has 2 aliphatic rings. The van der Waals surface area contributed by atoms with E-state index >= 15 is 0 Å². The predicted octanol–water partition coefficient (Wildman–Crippen LogP) is 11.7. The number of ether oxygens (including phenoxy) is 1. The zero-order valence-corrected chi connectivity index (χ0v) is 30.9. The number of hydrogen-bond donors (Lipinski definition) is 0. The average Bonchev–Trinajstić information content (AvgIpc) is 4.11. The van der Waals surface area contributed by atoms with Crippen LogP contribution in [0.5, 0.6) is 5.75 Å². The molecular formula is C50H30N6O2. The summed E-state index contributed by atoms with van der Waals surface area (Å²) in [5, 5.41) is 2.15. The fourth-order valence-electron chi connectivity index (χ4n) is 9.68. The van der Waals surface area contributed by atoms with E-state index in [1.807, 2.05) is 12.1 Å². The molecule has 1 aliphatic heterocycles. The lowest BCUT2D eigenvalue weighted by atomic mass is 9.89. The van der Waals surface area contributed by atoms with Crippen LogP contribution < -0.4 is 4.74 Å². The van der Waals surface area contributed by atoms with Gasteiger partial charge in [0, 0.05) is 28.3 Å². The minimum absolute atomic E-state index is 0.0296. The van der Waals surface area contributed by atoms with Crippen LogP contribution >= 0.6 is 0 Å². The second kappa shape index (κ2) is 10.9. The third kappa shape index (κ3) is 3.97. The first-order valence-electron chi connectivity index (χ1n) is 19.7. The van der Waals surface area contributed by atoms with Crippen molar-refractivity contribution >= 4 is 88.8 Å². The SMILES string of the molecule is C1=C(c2ccc3oc4ccc(-n5c6ccccc6n6c7ccccc7nc56)cc4c3c2)C=C2c3cc(-n4c5ccccc5n5c6ccccc6nc45)ccc3O[C@H]2C1. The zero-order chi connectivity index (χ0) is 37.6. The molecule has 0 spiro atoms. The molecule has 0 saturated heterocycles. The molecule has 14 rings (SSSR count). The van der Waals surface area contributed by atoms with Gasteiger partial charge in [0.25, 0.3) is 0 Å². The van der Waals surface area contributed by atoms with Crippen molar-refractivity contribution in [2.24, 2.45) is 0 Å². The Labute approximate surface area is 329 Å². The standard InChI is InChI=1S/C50H30N6O2/c1-3-11-39-37(9-1)51-49-53(41-13-5-7-15-43(41)55(39)49)31-19-23-47-35(27-31)33-25-29(17-21-45(33)57-47)30-18-22-46-34(26-30)36-28-32(20-24-48(36)58-46)54-42-14-6-8-16-44(42)56-40-12-4-2-10-38(40)52-50(54)56/h1-21,23-28,46H,22H2/t46-/m0/s1. The molecule has 5 aromatic heterocycles. The molecule has 8 nitrogen and oxygen atoms in total. The van der Waals surface area contributed by atoms with Crippen molar-refractivity contribution in [2.45, 2.75) is 12.5 Å². The monoisotopic (exact) mass is 746 g/mol. The highest BCUT2D eigenvalue weighted by Gasteiger charge is 2.31. The van der Waals surface area contributed by atoms with E-state index < -0.39 is 0 Å². The zero-order valence-electron chi connectivity index (χ0n) is 30.9. The second-order valence-electron chi connectivity index (χ2n) is 15.4. The minimum atomic E-state index is -0.0296. The van der Waals surface area contributed by atoms with Crippen molar-refractivity contribution in [1.82, 2.24) is 27.9 Å². The maximum absolute atomic E-state index is 6.57. The highest BCUT2D eigenvalue weighted by Crippen LogP contribution is 2.45. The average molecular weight is 747 g/mol. The lowest BCUT2D eigenvalue weighted by Crippen LogP contribution is -2.13. The van der Waals surface area contributed by atoms with E-state index in [0.717, 1.165) is 112 Å². The summed E-state index contributed by atoms with van der Waals surface area (Å²) in [4.78, 5) is 10.2. The number of furan rings is 1. The highest BCUT2D eigenvalue weighted by atomic mass is 16.5. The molecular weight excluding hydrogens is 717 g/mol. The maximum Gasteiger partial charge on any atom is 0.220 e. The van der Waals surface area contributed by atoms with Gasteiger partial charge in [-0.1, -0.05) is 60.7 Å². The number of hydrogen-bond acceptors (Lipinski definition) is 4. The Balaban J connectivity index is 0.888. The number of rotatable bonds is 3. The van der Waals surface area contributed by atoms with Gasteiger partial charge in [0.15, 0.2) is 0 Å². The summed E-state index contributed by atoms with van der Waals surface area (Å²) < 4.78 is 22.1. The lowest BCUT2D eigenvalue weighted by Gasteiger charge is -2.17. The summed E-state index contributed by atoms with van der Waals surface area (Å²) in [7, 11) is 0. The van der Waals surface area contributed by atoms with E-state index in [9.17, 15) is 0 Å². The lowest BCUT2D eigenvalue weighted by molar-refractivity contribution is 0.279. The van der Waals surface area contributed by atoms with Crippen molar-refractivity contribution < 1.29 is 9.15 Å². The Morgan fingerprint density at radius 3 is 1.74 bits per heavy atom. The van der Waals surface area contributed by atoms with E-state index in [4.69, 9.17) is 19.1 Å². The molecule has 0 bridgehead atoms. The van der Waals surface area contributed by atoms with E-state index in [0.29, 0.717) is 0 Å². The van der Waals surface area contributed by atoms with E-state index in [-0.39, 0.29) is 6.10 Å². The number of imidazole rings is 4. The first-order valence-corrected chi connectivity index (χ1v) is 19.7. The maximum atomic E-state index is 6.57. The van der Waals surface area contributed by atoms with Gasteiger partial charge < -0.3 is 9.15 Å². The third-order valence-corrected chi connectivity index (χ3v) is 12.3. The summed E-state index contributed by atoms with van der Waals surface area (Å²) in [6.45, 7) is 0. The normalized spacial score (nSPS) is 15.3. The summed E-state index contributed by atoms with van der Waals surface area (Å²) in [6.07, 6.45) is 5.38. The largest absolute Gasteiger partial charge is 0.485 e. The van der Waals surface area contributed by atoms with Crippen molar-refractivity contribution in [2.75, 3.05) is 0 Å². The minimum Gasteiger partial charge on any atom is -0.485 e. The van der Waals surface area contributed by atoms with Crippen LogP contribution in [0, 0.1) is 0 Å². The van der Waals surface area contributed by atoms with Crippen molar-refractivity contribution in [1.29, 1.82) is 0 Å². The summed E-state index contributed by atoms with van der Waals surface area (Å²) in [5.74, 6) is 2.70. The van der Waals surface area contributed by atoms with Gasteiger partial charge in [-0.25, -0.2) is 9.97 Å². The number of fused-ring (bicyclic) bond motifs is 16. The van der Waals surface area contributed by atoms with Gasteiger partial charge in [-0.3, -0.25) is 17.9 Å². The van der Waals surface area contributed by atoms with Gasteiger partial charge >= 0.3 is 0 Å². The van der Waals surface area contributed by atoms with Crippen LogP contribution in [-0.4, -0.2) is 34.0 Å². The molecule has 0 N–H and O–H groups in total. The fraction of sp³-hybridized carbons (Fsp3) is 0.0400. The Morgan fingerprint density at radius 1 is 0.517 bits per heavy atom. The highest BCUT2D eigenvalue weighted by molar-refractivity contribution is 6.07. The van der Waals surface area contributed by atoms with Gasteiger partial charge in [0.1, 0.15) is 23.0 Å². The summed E-state index contributed by atoms with van der Waals surface area (Å²) in [6, 6.07) is 53.3. The number of nitrogens with zero attached hydrogens (tertiary/aromatic N) is 6. The number of para-hydroxylation sites is 8. The van der Waals surface area contributed by atoms with Crippen molar-refractivity contribution in [3.8, 4) is 17.1 Å². The number of aromatic nitrogens is 6. The number of benzene rings is 7. The molecule has 1 aliphatic carbocycles. The van der Waals surface area contributed by atoms with E-state index in [2.05, 4.69) is 170 Å². The Hall–Kier alpha value is -7.84. The van der Waals surface area contributed by atoms with Gasteiger partial charge in [-0.2, -0.15) is 0 Å². The molecule has 0 saturated carbocycles. The van der Waals surface area contributed by atoms with Crippen molar-refractivity contribution in [3.05, 3.63) is 175 Å². The van der Waals surface area contributed by atoms with Crippen molar-refractivity contribution in [3.63, 3.8) is 0 Å². The first kappa shape index (κ1) is 30.4. The molecule has 58 heavy (non-hydrogen) atoms. The first-order chi connectivity index (χ1) is 28.7. The van der Waals surface area contributed by atoms with Crippen LogP contribution in [0.1, 0.15) is 17.5 Å². The van der Waals surface area contributed by atoms with Crippen LogP contribution in [-0.2, 0) is 0 Å². The second-order valence-corrected chi connectivity index (χ2v) is 15.4. The molecule has 7 aromatic carbocycles. The molecule has 0 amide bonds. The van der Waals surface area contributed by atoms with Crippen LogP contribution in [0.3, 0.4) is 0 Å². The molecule has 272 valence electrons. The molecule has 12 aromatic rings. The Kier molecular flexibility index (Phi) is 5.72. The molecule has 0 fully saturated rings. The van der Waals surface area contributed by atoms with Crippen LogP contribution in [0.25, 0.3) is 100 Å². The van der Waals surface area contributed by atoms with Gasteiger partial charge in [-0.15, -0.1) is 0 Å². The quantitative estimate of drug-likeness (QED) is 0.181. The third-order valence-electron chi connectivity index (χ3n) is 12.3. The molecule has 1 atom stereocenters. The topological polar surface area (TPSA) is 66.8 Å². The summed E-state index contributed by atoms with van der Waals surface area (Å²) >= 11 is 0. The van der Waals surface area contributed by atoms with E-state index in [1.54, 1.807) is 0 Å². The van der Waals surface area contributed by atoms with Gasteiger partial charge in [0.2, 0.25) is 11.6 Å². The fourth-order valence-corrected chi connectivity index (χ4v) is 9.68. The number of allylic oxidation sites excluding steroid dienone is 2. The molecule has 0 unspecified atom stereocenters. The molecule has 0 radical (unpaired) electrons. The molecule has 6 heterocycles. The van der Waals surface area contributed by atoms with Crippen LogP contribution in [0.4, 0.5) is 0 Å². The van der Waals surface area contributed by atoms with E-state index in [1.165, 1.54) is 11.1 Å². The van der Waals surface area contributed by atoms with Crippen LogP contribution in [0.2, 0.25) is 0 Å². The Bertz CT molecular complexity index is 3830. The smallest absolute Gasteiger partial charge is 0.220 e. The molecule has 8 heteroatoms. The van der Waals surface area contributed by atoms with Gasteiger partial charge in [-0.05, 0) is 114 Å². The summed E-state index contributed by atoms with van der Waals surface area (Å²) in [5.41, 5.74) is 17.1. The predicted molar refractivity (Wildman–Crippen MR) is 231 cm³/mol. The Morgan fingerprint density at radius 2 is 1.07 bits per heavy atom.